The predicted octanol–water partition coefficient (Wildman–Crippen LogP) is 7.39. The first kappa shape index (κ1) is 37.5. The number of alkyl carbamates (subject to hydrolysis) is 1. The number of H-pyrrole nitrogens is 2. The number of nitrogens with zero attached hydrogens (tertiary/aromatic N) is 5. The van der Waals surface area contributed by atoms with E-state index in [1.807, 2.05) is 82.7 Å². The smallest absolute Gasteiger partial charge is 0.407 e. The van der Waals surface area contributed by atoms with E-state index in [1.165, 1.54) is 20.6 Å². The third-order valence-electron chi connectivity index (χ3n) is 12.5. The fourth-order valence-corrected chi connectivity index (χ4v) is 9.35. The minimum atomic E-state index is -0.873. The summed E-state index contributed by atoms with van der Waals surface area (Å²) in [5.74, 6) is 2.08. The van der Waals surface area contributed by atoms with Crippen molar-refractivity contribution in [2.24, 2.45) is 16.8 Å². The molecular weight excluding hydrogens is 761 g/mol. The first-order valence-electron chi connectivity index (χ1n) is 20.3. The second-order valence-corrected chi connectivity index (χ2v) is 16.0. The minimum absolute atomic E-state index is 0.0897. The van der Waals surface area contributed by atoms with Gasteiger partial charge in [-0.2, -0.15) is 4.89 Å². The van der Waals surface area contributed by atoms with E-state index in [9.17, 15) is 14.4 Å². The molecule has 3 amide bonds. The second kappa shape index (κ2) is 15.4. The van der Waals surface area contributed by atoms with Crippen molar-refractivity contribution in [3.63, 3.8) is 0 Å². The molecule has 14 heteroatoms. The van der Waals surface area contributed by atoms with Gasteiger partial charge < -0.3 is 34.7 Å². The molecule has 10 rings (SSSR count). The molecule has 4 aliphatic rings. The van der Waals surface area contributed by atoms with Crippen molar-refractivity contribution in [3.05, 3.63) is 132 Å². The number of imidazole rings is 2. The molecule has 6 aromatic rings. The number of methoxy groups -OCH3 is 1. The van der Waals surface area contributed by atoms with E-state index in [2.05, 4.69) is 56.7 Å². The van der Waals surface area contributed by atoms with Gasteiger partial charge in [0.25, 0.3) is 11.8 Å². The molecule has 4 heterocycles. The molecule has 304 valence electrons. The number of aliphatic imine (C=N–C) groups is 1. The Balaban J connectivity index is 0.857. The summed E-state index contributed by atoms with van der Waals surface area (Å²) in [6.45, 7) is 0. The van der Waals surface area contributed by atoms with Gasteiger partial charge in [-0.1, -0.05) is 91.0 Å². The lowest BCUT2D eigenvalue weighted by atomic mass is 10.0. The van der Waals surface area contributed by atoms with Gasteiger partial charge in [0, 0.05) is 12.1 Å². The first-order valence-corrected chi connectivity index (χ1v) is 20.3. The first-order chi connectivity index (χ1) is 29.4. The lowest BCUT2D eigenvalue weighted by Gasteiger charge is -2.30. The van der Waals surface area contributed by atoms with Gasteiger partial charge in [-0.15, -0.1) is 0 Å². The quantitative estimate of drug-likeness (QED) is 0.0499. The molecule has 2 aliphatic carbocycles. The van der Waals surface area contributed by atoms with Crippen LogP contribution in [0.25, 0.3) is 33.4 Å². The summed E-state index contributed by atoms with van der Waals surface area (Å²) in [6.07, 6.45) is 5.91. The number of rotatable bonds is 12. The van der Waals surface area contributed by atoms with Gasteiger partial charge in [-0.05, 0) is 77.5 Å². The van der Waals surface area contributed by atoms with Crippen LogP contribution in [0.2, 0.25) is 0 Å². The number of hydrogen-bond acceptors (Lipinski definition) is 9. The summed E-state index contributed by atoms with van der Waals surface area (Å²) in [5, 5.41) is 2.76. The van der Waals surface area contributed by atoms with Crippen molar-refractivity contribution in [1.82, 2.24) is 35.1 Å². The molecule has 2 saturated heterocycles. The van der Waals surface area contributed by atoms with Gasteiger partial charge in [-0.25, -0.2) is 19.8 Å². The number of fused-ring (bicyclic) bond motifs is 3. The van der Waals surface area contributed by atoms with E-state index < -0.39 is 18.2 Å². The van der Waals surface area contributed by atoms with Crippen LogP contribution in [0.15, 0.2) is 114 Å². The highest BCUT2D eigenvalue weighted by molar-refractivity contribution is 5.89. The number of aromatic amines is 2. The maximum Gasteiger partial charge on any atom is 0.407 e. The zero-order chi connectivity index (χ0) is 40.9. The van der Waals surface area contributed by atoms with Crippen LogP contribution in [0, 0.1) is 11.8 Å². The van der Waals surface area contributed by atoms with Crippen molar-refractivity contribution >= 4 is 35.3 Å². The van der Waals surface area contributed by atoms with Crippen molar-refractivity contribution in [1.29, 1.82) is 0 Å². The summed E-state index contributed by atoms with van der Waals surface area (Å²) >= 11 is 0. The Morgan fingerprint density at radius 1 is 0.750 bits per heavy atom. The fraction of sp³-hybridized carbons (Fsp3) is 0.304. The number of ether oxygens (including phenoxy) is 1. The van der Waals surface area contributed by atoms with Gasteiger partial charge in [-0.3, -0.25) is 9.59 Å². The van der Waals surface area contributed by atoms with Crippen molar-refractivity contribution < 1.29 is 28.9 Å². The Kier molecular flexibility index (Phi) is 9.63. The summed E-state index contributed by atoms with van der Waals surface area (Å²) in [5.41, 5.74) is 7.07. The zero-order valence-corrected chi connectivity index (χ0v) is 33.1. The number of amides is 3. The van der Waals surface area contributed by atoms with Crippen LogP contribution >= 0.6 is 0 Å². The maximum absolute atomic E-state index is 14.2. The highest BCUT2D eigenvalue weighted by Crippen LogP contribution is 2.55. The van der Waals surface area contributed by atoms with Gasteiger partial charge in [0.15, 0.2) is 6.04 Å². The number of hydrogen-bond donors (Lipinski definition) is 3. The molecule has 4 fully saturated rings. The monoisotopic (exact) mass is 804 g/mol. The predicted molar refractivity (Wildman–Crippen MR) is 222 cm³/mol. The molecule has 0 spiro atoms. The van der Waals surface area contributed by atoms with E-state index >= 15 is 0 Å². The fourth-order valence-electron chi connectivity index (χ4n) is 9.35. The van der Waals surface area contributed by atoms with E-state index in [4.69, 9.17) is 24.5 Å². The summed E-state index contributed by atoms with van der Waals surface area (Å²) in [4.78, 5) is 75.5. The second-order valence-electron chi connectivity index (χ2n) is 16.0. The molecule has 2 saturated carbocycles. The number of benzene rings is 4. The SMILES string of the molecule is COO/C=N\[C@@H](C(=O)N1[C@H](c2nc3cc(-c4ccc(-c5cnc([C@@H]6C[C@@H]7C[C@@H]7N6C(=O)[C@H](NC(=O)OC)c6ccccc6)[nH]5)cc4)ccc3[nH]2)C[C@@H]2C[C@@H]21)c1ccccc1. The normalized spacial score (nSPS) is 23.6. The van der Waals surface area contributed by atoms with Crippen molar-refractivity contribution in [2.45, 2.75) is 61.9 Å². The van der Waals surface area contributed by atoms with Crippen LogP contribution in [-0.4, -0.2) is 80.3 Å². The molecule has 2 aliphatic heterocycles. The average Bonchev–Trinajstić information content (AvgIpc) is 3.91. The molecular formula is C46H44N8O6. The van der Waals surface area contributed by atoms with Crippen LogP contribution in [-0.2, 0) is 24.1 Å². The number of likely N-dealkylation sites (tertiary alicyclic amines) is 2. The zero-order valence-electron chi connectivity index (χ0n) is 33.1. The van der Waals surface area contributed by atoms with E-state index in [1.54, 1.807) is 0 Å². The minimum Gasteiger partial charge on any atom is -0.453 e. The van der Waals surface area contributed by atoms with E-state index in [0.717, 1.165) is 76.3 Å². The van der Waals surface area contributed by atoms with Crippen LogP contribution in [0.1, 0.15) is 72.6 Å². The van der Waals surface area contributed by atoms with E-state index in [0.29, 0.717) is 17.4 Å². The number of piperidine rings is 2. The van der Waals surface area contributed by atoms with Crippen LogP contribution in [0.3, 0.4) is 0 Å². The molecule has 14 nitrogen and oxygen atoms in total. The molecule has 0 radical (unpaired) electrons. The summed E-state index contributed by atoms with van der Waals surface area (Å²) in [6, 6.07) is 31.4. The third kappa shape index (κ3) is 6.96. The Hall–Kier alpha value is -6.80. The van der Waals surface area contributed by atoms with Gasteiger partial charge in [0.2, 0.25) is 6.40 Å². The Morgan fingerprint density at radius 2 is 1.38 bits per heavy atom. The number of carbonyl (C=O) groups excluding carboxylic acids is 3. The Labute approximate surface area is 345 Å². The van der Waals surface area contributed by atoms with Crippen LogP contribution in [0.5, 0.6) is 0 Å². The standard InChI is InChI=1S/C46H44N8O6/c1-58-46(57)52-41(29-11-7-4-8-12-29)45(56)53-36-20-31(36)22-38(53)42-47-24-35(51-42)27-15-13-26(14-16-27)30-17-18-33-34(19-30)50-43(49-33)39-23-32-21-37(32)54(39)44(55)40(48-25-60-59-2)28-9-5-3-6-10-28/h3-19,24-25,31-32,36-41H,20-23H2,1-2H3,(H,47,51)(H,49,50)(H,52,57)/b48-25-/t31-,32-,36-,37-,38-,39-,40+,41+/m0/s1. The third-order valence-corrected chi connectivity index (χ3v) is 12.5. The van der Waals surface area contributed by atoms with Gasteiger partial charge in [0.05, 0.1) is 49.2 Å². The van der Waals surface area contributed by atoms with Gasteiger partial charge in [0.1, 0.15) is 17.7 Å². The molecule has 8 atom stereocenters. The molecule has 0 bridgehead atoms. The number of aromatic nitrogens is 4. The lowest BCUT2D eigenvalue weighted by Crippen LogP contribution is -2.44. The van der Waals surface area contributed by atoms with Crippen molar-refractivity contribution in [3.8, 4) is 22.4 Å². The van der Waals surface area contributed by atoms with Crippen LogP contribution < -0.4 is 5.32 Å². The summed E-state index contributed by atoms with van der Waals surface area (Å²) < 4.78 is 4.87. The number of nitrogens with one attached hydrogen (secondary N) is 3. The molecule has 0 unspecified atom stereocenters. The van der Waals surface area contributed by atoms with Crippen LogP contribution in [0.4, 0.5) is 4.79 Å². The average molecular weight is 805 g/mol. The number of carbonyl (C=O) groups is 3. The largest absolute Gasteiger partial charge is 0.453 e. The molecule has 4 aromatic carbocycles. The highest BCUT2D eigenvalue weighted by Gasteiger charge is 2.57. The maximum atomic E-state index is 14.2. The molecule has 60 heavy (non-hydrogen) atoms. The molecule has 2 aromatic heterocycles. The highest BCUT2D eigenvalue weighted by atomic mass is 17.2. The lowest BCUT2D eigenvalue weighted by molar-refractivity contribution is -0.188. The Morgan fingerprint density at radius 3 is 2.07 bits per heavy atom. The topological polar surface area (TPSA) is 167 Å². The van der Waals surface area contributed by atoms with E-state index in [-0.39, 0.29) is 36.0 Å². The summed E-state index contributed by atoms with van der Waals surface area (Å²) in [7, 11) is 2.69. The molecule has 3 N–H and O–H groups in total. The Bertz CT molecular complexity index is 2580. The van der Waals surface area contributed by atoms with Crippen molar-refractivity contribution in [2.75, 3.05) is 14.2 Å². The van der Waals surface area contributed by atoms with Gasteiger partial charge >= 0.3 is 6.09 Å².